The van der Waals surface area contributed by atoms with Crippen molar-refractivity contribution in [1.29, 1.82) is 0 Å². The van der Waals surface area contributed by atoms with Gasteiger partial charge in [-0.1, -0.05) is 23.7 Å². The Morgan fingerprint density at radius 2 is 2.00 bits per heavy atom. The molecule has 0 bridgehead atoms. The number of ether oxygens (including phenoxy) is 1. The number of nitrogens with one attached hydrogen (secondary N) is 2. The lowest BCUT2D eigenvalue weighted by Crippen LogP contribution is -2.33. The van der Waals surface area contributed by atoms with Crippen molar-refractivity contribution >= 4 is 23.4 Å². The maximum Gasteiger partial charge on any atom is 0.222 e. The average molecular weight is 353 g/mol. The van der Waals surface area contributed by atoms with E-state index in [9.17, 15) is 9.59 Å². The summed E-state index contributed by atoms with van der Waals surface area (Å²) in [5.74, 6) is 0.500. The van der Waals surface area contributed by atoms with Crippen LogP contribution in [0.5, 0.6) is 0 Å². The topological polar surface area (TPSA) is 67.4 Å². The highest BCUT2D eigenvalue weighted by Crippen LogP contribution is 2.28. The van der Waals surface area contributed by atoms with Crippen molar-refractivity contribution in [1.82, 2.24) is 10.6 Å². The molecule has 6 heteroatoms. The fourth-order valence-corrected chi connectivity index (χ4v) is 2.51. The summed E-state index contributed by atoms with van der Waals surface area (Å²) >= 11 is 5.88. The van der Waals surface area contributed by atoms with Crippen LogP contribution in [0.15, 0.2) is 24.3 Å². The lowest BCUT2D eigenvalue weighted by molar-refractivity contribution is -0.122. The highest BCUT2D eigenvalue weighted by molar-refractivity contribution is 6.30. The Morgan fingerprint density at radius 1 is 1.29 bits per heavy atom. The molecule has 0 spiro atoms. The summed E-state index contributed by atoms with van der Waals surface area (Å²) in [6, 6.07) is 6.79. The van der Waals surface area contributed by atoms with E-state index in [4.69, 9.17) is 16.3 Å². The highest BCUT2D eigenvalue weighted by atomic mass is 35.5. The molecular formula is C18H25ClN2O3. The number of amides is 2. The number of rotatable bonds is 10. The molecule has 132 valence electrons. The molecule has 2 N–H and O–H groups in total. The molecule has 1 atom stereocenters. The number of hydrogen-bond donors (Lipinski definition) is 2. The first-order valence-corrected chi connectivity index (χ1v) is 8.79. The monoisotopic (exact) mass is 352 g/mol. The quantitative estimate of drug-likeness (QED) is 0.636. The van der Waals surface area contributed by atoms with E-state index in [1.165, 1.54) is 19.8 Å². The van der Waals surface area contributed by atoms with Gasteiger partial charge < -0.3 is 15.4 Å². The number of benzene rings is 1. The largest absolute Gasteiger partial charge is 0.381 e. The molecule has 1 aliphatic rings. The van der Waals surface area contributed by atoms with Gasteiger partial charge in [0, 0.05) is 31.7 Å². The summed E-state index contributed by atoms with van der Waals surface area (Å²) in [4.78, 5) is 23.5. The Kier molecular flexibility index (Phi) is 7.53. The molecule has 1 aromatic carbocycles. The molecule has 0 radical (unpaired) electrons. The first-order valence-electron chi connectivity index (χ1n) is 8.41. The minimum atomic E-state index is -0.356. The van der Waals surface area contributed by atoms with Crippen molar-refractivity contribution < 1.29 is 14.3 Å². The van der Waals surface area contributed by atoms with E-state index in [1.807, 2.05) is 12.1 Å². The molecular weight excluding hydrogens is 328 g/mol. The molecule has 1 unspecified atom stereocenters. The Balaban J connectivity index is 1.72. The minimum Gasteiger partial charge on any atom is -0.381 e. The first kappa shape index (κ1) is 18.7. The third kappa shape index (κ3) is 7.32. The highest BCUT2D eigenvalue weighted by Gasteiger charge is 2.21. The molecule has 0 heterocycles. The molecule has 1 saturated carbocycles. The van der Waals surface area contributed by atoms with Crippen LogP contribution in [0.3, 0.4) is 0 Å². The van der Waals surface area contributed by atoms with Gasteiger partial charge in [-0.05, 0) is 42.9 Å². The van der Waals surface area contributed by atoms with Crippen LogP contribution in [0.4, 0.5) is 0 Å². The van der Waals surface area contributed by atoms with Crippen LogP contribution in [0.1, 0.15) is 44.2 Å². The van der Waals surface area contributed by atoms with E-state index >= 15 is 0 Å². The van der Waals surface area contributed by atoms with E-state index in [-0.39, 0.29) is 24.3 Å². The summed E-state index contributed by atoms with van der Waals surface area (Å²) < 4.78 is 5.53. The Hall–Kier alpha value is -1.59. The van der Waals surface area contributed by atoms with Gasteiger partial charge in [-0.25, -0.2) is 0 Å². The molecule has 1 fully saturated rings. The van der Waals surface area contributed by atoms with Crippen LogP contribution < -0.4 is 10.6 Å². The van der Waals surface area contributed by atoms with Crippen LogP contribution in [0, 0.1) is 5.92 Å². The number of carbonyl (C=O) groups is 2. The summed E-state index contributed by atoms with van der Waals surface area (Å²) in [5, 5.41) is 6.31. The maximum absolute atomic E-state index is 12.1. The van der Waals surface area contributed by atoms with Crippen molar-refractivity contribution in [2.24, 2.45) is 5.92 Å². The first-order chi connectivity index (χ1) is 11.5. The third-order valence-electron chi connectivity index (χ3n) is 3.88. The zero-order valence-corrected chi connectivity index (χ0v) is 14.8. The maximum atomic E-state index is 12.1. The molecule has 5 nitrogen and oxygen atoms in total. The Bertz CT molecular complexity index is 544. The smallest absolute Gasteiger partial charge is 0.222 e. The van der Waals surface area contributed by atoms with Gasteiger partial charge in [0.15, 0.2) is 0 Å². The Labute approximate surface area is 148 Å². The number of hydrogen-bond acceptors (Lipinski definition) is 3. The Morgan fingerprint density at radius 3 is 2.62 bits per heavy atom. The molecule has 0 aliphatic heterocycles. The van der Waals surface area contributed by atoms with Crippen molar-refractivity contribution in [3.63, 3.8) is 0 Å². The van der Waals surface area contributed by atoms with E-state index in [1.54, 1.807) is 12.1 Å². The number of carbonyl (C=O) groups excluding carboxylic acids is 2. The standard InChI is InChI=1S/C18H25ClN2O3/c1-13(22)21-17(15-5-7-16(19)8-6-15)11-18(23)20-9-2-10-24-12-14-3-4-14/h5-8,14,17H,2-4,9-12H2,1H3,(H,20,23)(H,21,22). The van der Waals surface area contributed by atoms with E-state index < -0.39 is 0 Å². The van der Waals surface area contributed by atoms with E-state index in [2.05, 4.69) is 10.6 Å². The molecule has 2 rings (SSSR count). The van der Waals surface area contributed by atoms with Gasteiger partial charge in [-0.2, -0.15) is 0 Å². The summed E-state index contributed by atoms with van der Waals surface area (Å²) in [7, 11) is 0. The minimum absolute atomic E-state index is 0.0918. The summed E-state index contributed by atoms with van der Waals surface area (Å²) in [6.07, 6.45) is 3.56. The molecule has 1 aliphatic carbocycles. The van der Waals surface area contributed by atoms with E-state index in [0.29, 0.717) is 18.2 Å². The van der Waals surface area contributed by atoms with Crippen LogP contribution >= 0.6 is 11.6 Å². The van der Waals surface area contributed by atoms with Crippen molar-refractivity contribution in [3.8, 4) is 0 Å². The fourth-order valence-electron chi connectivity index (χ4n) is 2.39. The van der Waals surface area contributed by atoms with Crippen LogP contribution in [-0.4, -0.2) is 31.6 Å². The second-order valence-corrected chi connectivity index (χ2v) is 6.67. The van der Waals surface area contributed by atoms with Gasteiger partial charge in [-0.15, -0.1) is 0 Å². The van der Waals surface area contributed by atoms with Crippen molar-refractivity contribution in [2.45, 2.75) is 38.6 Å². The molecule has 2 amide bonds. The van der Waals surface area contributed by atoms with Gasteiger partial charge in [0.25, 0.3) is 0 Å². The summed E-state index contributed by atoms with van der Waals surface area (Å²) in [5.41, 5.74) is 0.859. The fraction of sp³-hybridized carbons (Fsp3) is 0.556. The normalized spacial score (nSPS) is 14.9. The van der Waals surface area contributed by atoms with Gasteiger partial charge in [0.1, 0.15) is 0 Å². The molecule has 0 aromatic heterocycles. The SMILES string of the molecule is CC(=O)NC(CC(=O)NCCCOCC1CC1)c1ccc(Cl)cc1. The predicted molar refractivity (Wildman–Crippen MR) is 93.8 cm³/mol. The van der Waals surface area contributed by atoms with Crippen LogP contribution in [-0.2, 0) is 14.3 Å². The van der Waals surface area contributed by atoms with Crippen molar-refractivity contribution in [3.05, 3.63) is 34.9 Å². The third-order valence-corrected chi connectivity index (χ3v) is 4.13. The molecule has 0 saturated heterocycles. The second kappa shape index (κ2) is 9.64. The van der Waals surface area contributed by atoms with Gasteiger partial charge in [0.2, 0.25) is 11.8 Å². The average Bonchev–Trinajstić information content (AvgIpc) is 3.34. The summed E-state index contributed by atoms with van der Waals surface area (Å²) in [6.45, 7) is 3.53. The van der Waals surface area contributed by atoms with Crippen molar-refractivity contribution in [2.75, 3.05) is 19.8 Å². The van der Waals surface area contributed by atoms with Gasteiger partial charge in [-0.3, -0.25) is 9.59 Å². The lowest BCUT2D eigenvalue weighted by Gasteiger charge is -2.18. The lowest BCUT2D eigenvalue weighted by atomic mass is 10.0. The van der Waals surface area contributed by atoms with Gasteiger partial charge in [0.05, 0.1) is 12.5 Å². The second-order valence-electron chi connectivity index (χ2n) is 6.23. The van der Waals surface area contributed by atoms with Crippen LogP contribution in [0.25, 0.3) is 0 Å². The van der Waals surface area contributed by atoms with E-state index in [0.717, 1.165) is 24.5 Å². The predicted octanol–water partition coefficient (Wildman–Crippen LogP) is 2.84. The number of halogens is 1. The van der Waals surface area contributed by atoms with Gasteiger partial charge >= 0.3 is 0 Å². The molecule has 1 aromatic rings. The molecule has 24 heavy (non-hydrogen) atoms. The zero-order valence-electron chi connectivity index (χ0n) is 14.0. The zero-order chi connectivity index (χ0) is 17.4. The van der Waals surface area contributed by atoms with Crippen LogP contribution in [0.2, 0.25) is 5.02 Å².